The zero-order valence-electron chi connectivity index (χ0n) is 11.0. The summed E-state index contributed by atoms with van der Waals surface area (Å²) in [6, 6.07) is 9.22. The van der Waals surface area contributed by atoms with Gasteiger partial charge < -0.3 is 14.8 Å². The average Bonchev–Trinajstić information content (AvgIpc) is 2.38. The van der Waals surface area contributed by atoms with Crippen LogP contribution in [-0.2, 0) is 9.53 Å². The quantitative estimate of drug-likeness (QED) is 0.567. The van der Waals surface area contributed by atoms with Gasteiger partial charge in [-0.25, -0.2) is 4.79 Å². The standard InChI is InChI=1S/C14H21NO3/c1-3-9-15-10-12(2)18-14(16)11-17-13-7-5-4-6-8-13/h4-8,12,15H,3,9-11H2,1-2H3. The molecule has 0 aliphatic heterocycles. The van der Waals surface area contributed by atoms with Crippen LogP contribution in [0, 0.1) is 0 Å². The molecule has 1 atom stereocenters. The van der Waals surface area contributed by atoms with Gasteiger partial charge in [0.2, 0.25) is 0 Å². The van der Waals surface area contributed by atoms with E-state index >= 15 is 0 Å². The molecule has 0 spiro atoms. The molecule has 0 saturated heterocycles. The fraction of sp³-hybridized carbons (Fsp3) is 0.500. The van der Waals surface area contributed by atoms with Gasteiger partial charge in [0.15, 0.2) is 6.61 Å². The van der Waals surface area contributed by atoms with Crippen molar-refractivity contribution in [3.63, 3.8) is 0 Å². The molecular formula is C14H21NO3. The number of esters is 1. The number of nitrogens with one attached hydrogen (secondary N) is 1. The van der Waals surface area contributed by atoms with Gasteiger partial charge in [-0.05, 0) is 32.0 Å². The van der Waals surface area contributed by atoms with E-state index in [0.717, 1.165) is 13.0 Å². The predicted molar refractivity (Wildman–Crippen MR) is 70.7 cm³/mol. The van der Waals surface area contributed by atoms with Crippen molar-refractivity contribution in [2.45, 2.75) is 26.4 Å². The van der Waals surface area contributed by atoms with Crippen LogP contribution in [0.1, 0.15) is 20.3 Å². The molecule has 1 rings (SSSR count). The van der Waals surface area contributed by atoms with Crippen LogP contribution in [0.4, 0.5) is 0 Å². The third-order valence-electron chi connectivity index (χ3n) is 2.29. The first-order chi connectivity index (χ1) is 8.72. The van der Waals surface area contributed by atoms with Crippen molar-refractivity contribution in [1.82, 2.24) is 5.32 Å². The molecule has 0 saturated carbocycles. The number of carbonyl (C=O) groups is 1. The second kappa shape index (κ2) is 8.53. The Bertz CT molecular complexity index is 340. The van der Waals surface area contributed by atoms with Crippen molar-refractivity contribution in [3.8, 4) is 5.75 Å². The van der Waals surface area contributed by atoms with E-state index in [2.05, 4.69) is 12.2 Å². The van der Waals surface area contributed by atoms with Crippen molar-refractivity contribution < 1.29 is 14.3 Å². The third-order valence-corrected chi connectivity index (χ3v) is 2.29. The smallest absolute Gasteiger partial charge is 0.344 e. The van der Waals surface area contributed by atoms with Gasteiger partial charge in [-0.3, -0.25) is 0 Å². The Morgan fingerprint density at radius 2 is 2.06 bits per heavy atom. The maximum absolute atomic E-state index is 11.5. The summed E-state index contributed by atoms with van der Waals surface area (Å²) < 4.78 is 10.5. The van der Waals surface area contributed by atoms with Crippen LogP contribution < -0.4 is 10.1 Å². The molecule has 1 aromatic carbocycles. The lowest BCUT2D eigenvalue weighted by molar-refractivity contribution is -0.150. The first kappa shape index (κ1) is 14.5. The number of hydrogen-bond acceptors (Lipinski definition) is 4. The Balaban J connectivity index is 2.17. The number of benzene rings is 1. The Morgan fingerprint density at radius 3 is 2.72 bits per heavy atom. The SMILES string of the molecule is CCCNCC(C)OC(=O)COc1ccccc1. The summed E-state index contributed by atoms with van der Waals surface area (Å²) in [6.07, 6.45) is 0.932. The minimum atomic E-state index is -0.343. The van der Waals surface area contributed by atoms with Gasteiger partial charge in [-0.1, -0.05) is 25.1 Å². The van der Waals surface area contributed by atoms with E-state index < -0.39 is 0 Å². The van der Waals surface area contributed by atoms with E-state index in [9.17, 15) is 4.79 Å². The molecule has 18 heavy (non-hydrogen) atoms. The molecule has 4 heteroatoms. The first-order valence-electron chi connectivity index (χ1n) is 6.30. The second-order valence-electron chi connectivity index (χ2n) is 4.11. The van der Waals surface area contributed by atoms with Crippen LogP contribution in [0.2, 0.25) is 0 Å². The van der Waals surface area contributed by atoms with Crippen molar-refractivity contribution in [2.75, 3.05) is 19.7 Å². The van der Waals surface area contributed by atoms with Gasteiger partial charge >= 0.3 is 5.97 Å². The second-order valence-corrected chi connectivity index (χ2v) is 4.11. The number of para-hydroxylation sites is 1. The summed E-state index contributed by atoms with van der Waals surface area (Å²) in [5.41, 5.74) is 0. The molecule has 0 amide bonds. The van der Waals surface area contributed by atoms with E-state index in [0.29, 0.717) is 12.3 Å². The zero-order valence-corrected chi connectivity index (χ0v) is 11.0. The van der Waals surface area contributed by atoms with Gasteiger partial charge in [-0.2, -0.15) is 0 Å². The number of ether oxygens (including phenoxy) is 2. The highest BCUT2D eigenvalue weighted by atomic mass is 16.6. The molecule has 1 aromatic rings. The van der Waals surface area contributed by atoms with Gasteiger partial charge in [0.1, 0.15) is 11.9 Å². The summed E-state index contributed by atoms with van der Waals surface area (Å²) >= 11 is 0. The van der Waals surface area contributed by atoms with Crippen molar-refractivity contribution in [2.24, 2.45) is 0 Å². The van der Waals surface area contributed by atoms with Crippen molar-refractivity contribution in [1.29, 1.82) is 0 Å². The summed E-state index contributed by atoms with van der Waals surface area (Å²) in [6.45, 7) is 5.51. The Kier molecular flexibility index (Phi) is 6.87. The highest BCUT2D eigenvalue weighted by molar-refractivity contribution is 5.71. The minimum Gasteiger partial charge on any atom is -0.482 e. The zero-order chi connectivity index (χ0) is 13.2. The molecule has 0 radical (unpaired) electrons. The molecule has 0 aliphatic rings. The average molecular weight is 251 g/mol. The summed E-state index contributed by atoms with van der Waals surface area (Å²) in [7, 11) is 0. The summed E-state index contributed by atoms with van der Waals surface area (Å²) in [5.74, 6) is 0.330. The first-order valence-corrected chi connectivity index (χ1v) is 6.30. The highest BCUT2D eigenvalue weighted by Crippen LogP contribution is 2.08. The van der Waals surface area contributed by atoms with Crippen LogP contribution in [0.15, 0.2) is 30.3 Å². The van der Waals surface area contributed by atoms with Crippen LogP contribution in [0.3, 0.4) is 0 Å². The Labute approximate surface area is 108 Å². The Morgan fingerprint density at radius 1 is 1.33 bits per heavy atom. The molecule has 1 unspecified atom stereocenters. The van der Waals surface area contributed by atoms with E-state index in [-0.39, 0.29) is 18.7 Å². The fourth-order valence-corrected chi connectivity index (χ4v) is 1.44. The van der Waals surface area contributed by atoms with Crippen LogP contribution in [0.5, 0.6) is 5.75 Å². The number of carbonyl (C=O) groups excluding carboxylic acids is 1. The summed E-state index contributed by atoms with van der Waals surface area (Å²) in [4.78, 5) is 11.5. The lowest BCUT2D eigenvalue weighted by Gasteiger charge is -2.14. The molecule has 0 aromatic heterocycles. The number of hydrogen-bond donors (Lipinski definition) is 1. The van der Waals surface area contributed by atoms with Gasteiger partial charge in [-0.15, -0.1) is 0 Å². The van der Waals surface area contributed by atoms with Crippen molar-refractivity contribution in [3.05, 3.63) is 30.3 Å². The van der Waals surface area contributed by atoms with E-state index in [4.69, 9.17) is 9.47 Å². The molecule has 0 aliphatic carbocycles. The molecule has 0 heterocycles. The molecule has 100 valence electrons. The summed E-state index contributed by atoms with van der Waals surface area (Å²) in [5, 5.41) is 3.20. The van der Waals surface area contributed by atoms with E-state index in [1.54, 1.807) is 12.1 Å². The van der Waals surface area contributed by atoms with Gasteiger partial charge in [0.05, 0.1) is 0 Å². The molecule has 0 bridgehead atoms. The van der Waals surface area contributed by atoms with Gasteiger partial charge in [0, 0.05) is 6.54 Å². The van der Waals surface area contributed by atoms with Crippen LogP contribution in [-0.4, -0.2) is 31.8 Å². The van der Waals surface area contributed by atoms with E-state index in [1.807, 2.05) is 25.1 Å². The Hall–Kier alpha value is -1.55. The predicted octanol–water partition coefficient (Wildman–Crippen LogP) is 2.00. The lowest BCUT2D eigenvalue weighted by Crippen LogP contribution is -2.30. The van der Waals surface area contributed by atoms with E-state index in [1.165, 1.54) is 0 Å². The fourth-order valence-electron chi connectivity index (χ4n) is 1.44. The minimum absolute atomic E-state index is 0.0534. The monoisotopic (exact) mass is 251 g/mol. The molecule has 0 fully saturated rings. The molecular weight excluding hydrogens is 230 g/mol. The normalized spacial score (nSPS) is 11.9. The lowest BCUT2D eigenvalue weighted by atomic mass is 10.3. The highest BCUT2D eigenvalue weighted by Gasteiger charge is 2.09. The number of rotatable bonds is 8. The molecule has 1 N–H and O–H groups in total. The van der Waals surface area contributed by atoms with Crippen molar-refractivity contribution >= 4 is 5.97 Å². The van der Waals surface area contributed by atoms with Gasteiger partial charge in [0.25, 0.3) is 0 Å². The van der Waals surface area contributed by atoms with Crippen LogP contribution >= 0.6 is 0 Å². The largest absolute Gasteiger partial charge is 0.482 e. The third kappa shape index (κ3) is 6.25. The maximum atomic E-state index is 11.5. The maximum Gasteiger partial charge on any atom is 0.344 e. The van der Waals surface area contributed by atoms with Crippen LogP contribution in [0.25, 0.3) is 0 Å². The molecule has 4 nitrogen and oxygen atoms in total. The topological polar surface area (TPSA) is 47.6 Å².